The highest BCUT2D eigenvalue weighted by atomic mass is 19.1. The highest BCUT2D eigenvalue weighted by molar-refractivity contribution is 5.69. The first-order valence-corrected chi connectivity index (χ1v) is 11.2. The first-order valence-electron chi connectivity index (χ1n) is 11.2. The molecule has 1 unspecified atom stereocenters. The average Bonchev–Trinajstić information content (AvgIpc) is 3.51. The Morgan fingerprint density at radius 3 is 2.70 bits per heavy atom. The van der Waals surface area contributed by atoms with Gasteiger partial charge in [-0.25, -0.2) is 13.8 Å². The molecule has 5 nitrogen and oxygen atoms in total. The number of halogens is 2. The van der Waals surface area contributed by atoms with E-state index in [1.165, 1.54) is 6.07 Å². The number of piperidine rings is 1. The van der Waals surface area contributed by atoms with Gasteiger partial charge >= 0.3 is 0 Å². The van der Waals surface area contributed by atoms with Gasteiger partial charge in [-0.15, -0.1) is 0 Å². The Morgan fingerprint density at radius 1 is 1.21 bits per heavy atom. The van der Waals surface area contributed by atoms with Crippen molar-refractivity contribution in [1.29, 1.82) is 0 Å². The Kier molecular flexibility index (Phi) is 5.48. The number of nitrogens with zero attached hydrogens (tertiary/aromatic N) is 5. The van der Waals surface area contributed by atoms with Gasteiger partial charge in [-0.2, -0.15) is 5.10 Å². The summed E-state index contributed by atoms with van der Waals surface area (Å²) in [5.41, 5.74) is 4.83. The van der Waals surface area contributed by atoms with Crippen molar-refractivity contribution in [2.45, 2.75) is 25.8 Å². The molecule has 1 fully saturated rings. The second-order valence-corrected chi connectivity index (χ2v) is 8.82. The molecule has 1 atom stereocenters. The number of allylic oxidation sites excluding steroid dienone is 4. The summed E-state index contributed by atoms with van der Waals surface area (Å²) in [6.07, 6.45) is 12.0. The zero-order valence-corrected chi connectivity index (χ0v) is 18.9. The third-order valence-electron chi connectivity index (χ3n) is 6.86. The molecule has 0 bridgehead atoms. The van der Waals surface area contributed by atoms with Crippen molar-refractivity contribution < 1.29 is 8.78 Å². The van der Waals surface area contributed by atoms with E-state index in [0.717, 1.165) is 40.8 Å². The van der Waals surface area contributed by atoms with Crippen LogP contribution < -0.4 is 0 Å². The van der Waals surface area contributed by atoms with Crippen molar-refractivity contribution in [3.8, 4) is 11.3 Å². The Labute approximate surface area is 192 Å². The lowest BCUT2D eigenvalue weighted by Gasteiger charge is -2.37. The van der Waals surface area contributed by atoms with Gasteiger partial charge in [-0.3, -0.25) is 4.68 Å². The molecule has 2 aliphatic heterocycles. The Bertz CT molecular complexity index is 1260. The number of rotatable bonds is 5. The molecule has 2 aromatic heterocycles. The minimum absolute atomic E-state index is 0.0745. The summed E-state index contributed by atoms with van der Waals surface area (Å²) in [5.74, 6) is -0.231. The normalized spacial score (nSPS) is 19.3. The van der Waals surface area contributed by atoms with E-state index in [4.69, 9.17) is 0 Å². The molecule has 0 aliphatic carbocycles. The van der Waals surface area contributed by atoms with Crippen molar-refractivity contribution in [3.63, 3.8) is 0 Å². The fourth-order valence-corrected chi connectivity index (χ4v) is 5.20. The minimum atomic E-state index is -0.307. The standard InChI is InChI=1S/C26H27F2N5/c1-4-23(22(28)12-17(2)19-13-30-31(3)15-19)32-10-8-18(9-11-32)26-25-20(6-5-7-21(25)27)24-14-29-16-33(24)26/h4-7,12-16,18,26H,1,8-11H2,2-3H3/b17-12+,23-22-. The average molecular weight is 448 g/mol. The number of hydrogen-bond acceptors (Lipinski definition) is 3. The number of likely N-dealkylation sites (tertiary alicyclic amines) is 1. The van der Waals surface area contributed by atoms with E-state index in [-0.39, 0.29) is 23.6 Å². The van der Waals surface area contributed by atoms with E-state index in [0.29, 0.717) is 18.8 Å². The zero-order valence-electron chi connectivity index (χ0n) is 18.9. The van der Waals surface area contributed by atoms with E-state index >= 15 is 4.39 Å². The van der Waals surface area contributed by atoms with Crippen LogP contribution in [0.25, 0.3) is 16.8 Å². The number of aromatic nitrogens is 4. The third kappa shape index (κ3) is 3.71. The number of imidazole rings is 1. The van der Waals surface area contributed by atoms with Crippen LogP contribution in [-0.4, -0.2) is 37.3 Å². The fourth-order valence-electron chi connectivity index (χ4n) is 5.20. The molecular weight excluding hydrogens is 420 g/mol. The van der Waals surface area contributed by atoms with Crippen LogP contribution in [0.5, 0.6) is 0 Å². The van der Waals surface area contributed by atoms with E-state index < -0.39 is 0 Å². The first kappa shape index (κ1) is 21.4. The van der Waals surface area contributed by atoms with Crippen LogP contribution in [0.15, 0.2) is 73.4 Å². The predicted octanol–water partition coefficient (Wildman–Crippen LogP) is 5.51. The lowest BCUT2D eigenvalue weighted by atomic mass is 9.85. The van der Waals surface area contributed by atoms with E-state index in [2.05, 4.69) is 21.2 Å². The second-order valence-electron chi connectivity index (χ2n) is 8.82. The summed E-state index contributed by atoms with van der Waals surface area (Å²) in [4.78, 5) is 6.34. The van der Waals surface area contributed by atoms with Crippen molar-refractivity contribution in [2.24, 2.45) is 13.0 Å². The van der Waals surface area contributed by atoms with Gasteiger partial charge in [0, 0.05) is 43.0 Å². The van der Waals surface area contributed by atoms with Crippen LogP contribution in [0.1, 0.15) is 36.9 Å². The lowest BCUT2D eigenvalue weighted by Crippen LogP contribution is -2.36. The molecule has 7 heteroatoms. The number of fused-ring (bicyclic) bond motifs is 3. The highest BCUT2D eigenvalue weighted by Crippen LogP contribution is 2.47. The van der Waals surface area contributed by atoms with Gasteiger partial charge in [-0.05, 0) is 49.5 Å². The minimum Gasteiger partial charge on any atom is -0.369 e. The van der Waals surface area contributed by atoms with Crippen molar-refractivity contribution in [3.05, 3.63) is 90.3 Å². The molecule has 0 spiro atoms. The molecule has 170 valence electrons. The lowest BCUT2D eigenvalue weighted by molar-refractivity contribution is 0.195. The summed E-state index contributed by atoms with van der Waals surface area (Å²) in [6.45, 7) is 7.10. The second kappa shape index (κ2) is 8.46. The smallest absolute Gasteiger partial charge is 0.146 e. The van der Waals surface area contributed by atoms with Crippen LogP contribution in [0, 0.1) is 11.7 Å². The molecule has 33 heavy (non-hydrogen) atoms. The van der Waals surface area contributed by atoms with Crippen LogP contribution in [0.4, 0.5) is 8.78 Å². The van der Waals surface area contributed by atoms with Crippen molar-refractivity contribution >= 4 is 5.57 Å². The van der Waals surface area contributed by atoms with Gasteiger partial charge in [0.1, 0.15) is 11.6 Å². The van der Waals surface area contributed by atoms with E-state index in [1.54, 1.807) is 41.6 Å². The molecule has 5 rings (SSSR count). The summed E-state index contributed by atoms with van der Waals surface area (Å²) >= 11 is 0. The molecule has 0 N–H and O–H groups in total. The van der Waals surface area contributed by atoms with Gasteiger partial charge in [0.15, 0.2) is 0 Å². The molecule has 1 aromatic carbocycles. The number of aryl methyl sites for hydroxylation is 1. The molecular formula is C26H27F2N5. The van der Waals surface area contributed by atoms with Gasteiger partial charge < -0.3 is 9.47 Å². The molecule has 1 saturated heterocycles. The zero-order chi connectivity index (χ0) is 23.1. The quantitative estimate of drug-likeness (QED) is 0.484. The Balaban J connectivity index is 1.36. The van der Waals surface area contributed by atoms with Crippen LogP contribution >= 0.6 is 0 Å². The van der Waals surface area contributed by atoms with Crippen LogP contribution in [0.2, 0.25) is 0 Å². The van der Waals surface area contributed by atoms with Gasteiger partial charge in [-0.1, -0.05) is 18.7 Å². The largest absolute Gasteiger partial charge is 0.369 e. The topological polar surface area (TPSA) is 38.9 Å². The monoisotopic (exact) mass is 447 g/mol. The molecule has 2 aliphatic rings. The highest BCUT2D eigenvalue weighted by Gasteiger charge is 2.38. The molecule has 0 radical (unpaired) electrons. The number of benzene rings is 1. The number of hydrogen-bond donors (Lipinski definition) is 0. The van der Waals surface area contributed by atoms with E-state index in [9.17, 15) is 4.39 Å². The predicted molar refractivity (Wildman–Crippen MR) is 125 cm³/mol. The van der Waals surface area contributed by atoms with Crippen molar-refractivity contribution in [2.75, 3.05) is 13.1 Å². The van der Waals surface area contributed by atoms with Gasteiger partial charge in [0.05, 0.1) is 36.2 Å². The third-order valence-corrected chi connectivity index (χ3v) is 6.86. The van der Waals surface area contributed by atoms with Gasteiger partial charge in [0.25, 0.3) is 0 Å². The maximum atomic E-state index is 15.2. The molecule has 4 heterocycles. The van der Waals surface area contributed by atoms with E-state index in [1.807, 2.05) is 31.1 Å². The van der Waals surface area contributed by atoms with Crippen molar-refractivity contribution in [1.82, 2.24) is 24.2 Å². The Morgan fingerprint density at radius 2 is 2.00 bits per heavy atom. The maximum absolute atomic E-state index is 15.2. The fraction of sp³-hybridized carbons (Fsp3) is 0.308. The molecule has 3 aromatic rings. The summed E-state index contributed by atoms with van der Waals surface area (Å²) in [5, 5.41) is 4.15. The SMILES string of the molecule is C=C/C(=C(F)\C=C(/C)c1cnn(C)c1)N1CCC(C2c3c(F)cccc3-c3cncn32)CC1. The van der Waals surface area contributed by atoms with Crippen LogP contribution in [0.3, 0.4) is 0 Å². The maximum Gasteiger partial charge on any atom is 0.146 e. The molecule has 0 amide bonds. The van der Waals surface area contributed by atoms with Gasteiger partial charge in [0.2, 0.25) is 0 Å². The first-order chi connectivity index (χ1) is 16.0. The summed E-state index contributed by atoms with van der Waals surface area (Å²) < 4.78 is 33.8. The van der Waals surface area contributed by atoms with Crippen LogP contribution in [-0.2, 0) is 7.05 Å². The summed E-state index contributed by atoms with van der Waals surface area (Å²) in [6, 6.07) is 5.17. The molecule has 0 saturated carbocycles. The Hall–Kier alpha value is -3.48. The summed E-state index contributed by atoms with van der Waals surface area (Å²) in [7, 11) is 1.84.